The largest absolute Gasteiger partial charge is 0.508 e. The van der Waals surface area contributed by atoms with Crippen LogP contribution in [0, 0.1) is 0 Å². The van der Waals surface area contributed by atoms with Gasteiger partial charge in [0, 0.05) is 17.0 Å². The van der Waals surface area contributed by atoms with Gasteiger partial charge in [-0.05, 0) is 42.0 Å². The smallest absolute Gasteiger partial charge is 0.161 e. The summed E-state index contributed by atoms with van der Waals surface area (Å²) in [5.41, 5.74) is 3.01. The van der Waals surface area contributed by atoms with E-state index in [4.69, 9.17) is 14.2 Å². The van der Waals surface area contributed by atoms with Crippen LogP contribution in [-0.2, 0) is 0 Å². The van der Waals surface area contributed by atoms with Crippen LogP contribution in [0.25, 0.3) is 0 Å². The van der Waals surface area contributed by atoms with E-state index < -0.39 is 0 Å². The fourth-order valence-electron chi connectivity index (χ4n) is 3.34. The topological polar surface area (TPSA) is 47.9 Å². The first-order chi connectivity index (χ1) is 12.2. The highest BCUT2D eigenvalue weighted by molar-refractivity contribution is 5.60. The highest BCUT2D eigenvalue weighted by Gasteiger charge is 2.29. The van der Waals surface area contributed by atoms with E-state index in [0.29, 0.717) is 11.5 Å². The first-order valence-corrected chi connectivity index (χ1v) is 8.03. The van der Waals surface area contributed by atoms with E-state index in [0.717, 1.165) is 28.2 Å². The molecule has 1 N–H and O–H groups in total. The zero-order valence-corrected chi connectivity index (χ0v) is 14.0. The normalized spacial score (nSPS) is 14.9. The third kappa shape index (κ3) is 2.56. The fraction of sp³-hybridized carbons (Fsp3) is 0.143. The molecule has 0 amide bonds. The van der Waals surface area contributed by atoms with Crippen LogP contribution >= 0.6 is 0 Å². The van der Waals surface area contributed by atoms with Gasteiger partial charge in [-0.1, -0.05) is 24.3 Å². The van der Waals surface area contributed by atoms with Crippen molar-refractivity contribution in [3.8, 4) is 28.7 Å². The number of para-hydroxylation sites is 1. The van der Waals surface area contributed by atoms with Crippen molar-refractivity contribution in [2.75, 3.05) is 14.2 Å². The lowest BCUT2D eigenvalue weighted by molar-refractivity contribution is 0.354. The van der Waals surface area contributed by atoms with Crippen LogP contribution < -0.4 is 14.2 Å². The Balaban J connectivity index is 1.93. The van der Waals surface area contributed by atoms with Gasteiger partial charge in [0.15, 0.2) is 11.5 Å². The molecule has 4 rings (SSSR count). The molecule has 0 bridgehead atoms. The van der Waals surface area contributed by atoms with E-state index in [-0.39, 0.29) is 11.7 Å². The summed E-state index contributed by atoms with van der Waals surface area (Å²) in [6.45, 7) is 0. The summed E-state index contributed by atoms with van der Waals surface area (Å²) >= 11 is 0. The average molecular weight is 334 g/mol. The van der Waals surface area contributed by atoms with Crippen LogP contribution in [-0.4, -0.2) is 19.3 Å². The number of fused-ring (bicyclic) bond motifs is 2. The minimum Gasteiger partial charge on any atom is -0.508 e. The lowest BCUT2D eigenvalue weighted by Crippen LogP contribution is -2.11. The molecule has 0 radical (unpaired) electrons. The van der Waals surface area contributed by atoms with Crippen LogP contribution in [0.2, 0.25) is 0 Å². The molecule has 1 unspecified atom stereocenters. The summed E-state index contributed by atoms with van der Waals surface area (Å²) in [7, 11) is 3.24. The highest BCUT2D eigenvalue weighted by Crippen LogP contribution is 2.49. The van der Waals surface area contributed by atoms with E-state index in [1.54, 1.807) is 32.4 Å². The second kappa shape index (κ2) is 6.06. The molecule has 126 valence electrons. The van der Waals surface area contributed by atoms with Gasteiger partial charge in [-0.3, -0.25) is 0 Å². The van der Waals surface area contributed by atoms with Crippen molar-refractivity contribution in [1.82, 2.24) is 0 Å². The van der Waals surface area contributed by atoms with Gasteiger partial charge in [-0.2, -0.15) is 0 Å². The molecule has 3 aromatic carbocycles. The van der Waals surface area contributed by atoms with Gasteiger partial charge >= 0.3 is 0 Å². The number of hydrogen-bond donors (Lipinski definition) is 1. The second-order valence-corrected chi connectivity index (χ2v) is 5.91. The van der Waals surface area contributed by atoms with Gasteiger partial charge in [0.25, 0.3) is 0 Å². The van der Waals surface area contributed by atoms with Crippen LogP contribution in [0.4, 0.5) is 0 Å². The Morgan fingerprint density at radius 3 is 2.36 bits per heavy atom. The molecule has 1 aliphatic heterocycles. The molecule has 0 spiro atoms. The molecule has 1 aliphatic rings. The minimum atomic E-state index is -0.0631. The molecule has 25 heavy (non-hydrogen) atoms. The quantitative estimate of drug-likeness (QED) is 0.590. The van der Waals surface area contributed by atoms with Gasteiger partial charge in [0.05, 0.1) is 14.2 Å². The minimum absolute atomic E-state index is 0.0631. The maximum atomic E-state index is 9.98. The average Bonchev–Trinajstić information content (AvgIpc) is 2.65. The van der Waals surface area contributed by atoms with Crippen molar-refractivity contribution in [2.24, 2.45) is 0 Å². The van der Waals surface area contributed by atoms with Crippen molar-refractivity contribution in [2.45, 2.75) is 5.92 Å². The molecule has 1 heterocycles. The number of aromatic hydroxyl groups is 1. The third-order valence-electron chi connectivity index (χ3n) is 4.50. The van der Waals surface area contributed by atoms with Crippen LogP contribution in [0.1, 0.15) is 22.6 Å². The van der Waals surface area contributed by atoms with Crippen molar-refractivity contribution < 1.29 is 19.3 Å². The summed E-state index contributed by atoms with van der Waals surface area (Å²) in [6, 6.07) is 19.0. The first-order valence-electron chi connectivity index (χ1n) is 8.03. The second-order valence-electron chi connectivity index (χ2n) is 5.91. The molecule has 0 aromatic heterocycles. The van der Waals surface area contributed by atoms with Crippen molar-refractivity contribution in [1.29, 1.82) is 0 Å². The first kappa shape index (κ1) is 15.4. The maximum absolute atomic E-state index is 9.98. The molecule has 0 saturated heterocycles. The number of hydrogen-bond acceptors (Lipinski definition) is 4. The number of ether oxygens (including phenoxy) is 3. The van der Waals surface area contributed by atoms with Crippen molar-refractivity contribution >= 4 is 0 Å². The molecule has 0 saturated carbocycles. The van der Waals surface area contributed by atoms with Gasteiger partial charge in [-0.25, -0.2) is 0 Å². The summed E-state index contributed by atoms with van der Waals surface area (Å²) in [5, 5.41) is 9.98. The number of methoxy groups -OCH3 is 2. The van der Waals surface area contributed by atoms with E-state index in [1.807, 2.05) is 42.5 Å². The van der Waals surface area contributed by atoms with E-state index >= 15 is 0 Å². The molecule has 3 aromatic rings. The molecule has 0 aliphatic carbocycles. The summed E-state index contributed by atoms with van der Waals surface area (Å²) in [5.74, 6) is 3.07. The number of phenols is 1. The molecule has 1 atom stereocenters. The van der Waals surface area contributed by atoms with Gasteiger partial charge < -0.3 is 19.3 Å². The zero-order valence-electron chi connectivity index (χ0n) is 14.0. The summed E-state index contributed by atoms with van der Waals surface area (Å²) in [6.07, 6.45) is 0. The van der Waals surface area contributed by atoms with Crippen LogP contribution in [0.5, 0.6) is 28.7 Å². The Morgan fingerprint density at radius 2 is 1.56 bits per heavy atom. The standard InChI is InChI=1S/C21H18O4/c1-23-19-9-7-13(11-20(19)24-2)21-15-5-3-4-6-17(15)25-18-10-8-14(22)12-16(18)21/h3-12,21-22H,1-2H3. The number of phenolic OH excluding ortho intramolecular Hbond substituents is 1. The summed E-state index contributed by atoms with van der Waals surface area (Å²) in [4.78, 5) is 0. The lowest BCUT2D eigenvalue weighted by Gasteiger charge is -2.29. The van der Waals surface area contributed by atoms with Crippen molar-refractivity contribution in [3.05, 3.63) is 77.4 Å². The van der Waals surface area contributed by atoms with Gasteiger partial charge in [-0.15, -0.1) is 0 Å². The molecular formula is C21H18O4. The maximum Gasteiger partial charge on any atom is 0.161 e. The fourth-order valence-corrected chi connectivity index (χ4v) is 3.34. The monoisotopic (exact) mass is 334 g/mol. The summed E-state index contributed by atoms with van der Waals surface area (Å²) < 4.78 is 16.8. The van der Waals surface area contributed by atoms with E-state index in [1.165, 1.54) is 0 Å². The number of rotatable bonds is 3. The SMILES string of the molecule is COc1ccc(C2c3ccccc3Oc3ccc(O)cc32)cc1OC. The Morgan fingerprint density at radius 1 is 0.800 bits per heavy atom. The van der Waals surface area contributed by atoms with Gasteiger partial charge in [0.2, 0.25) is 0 Å². The number of benzene rings is 3. The Kier molecular flexibility index (Phi) is 3.73. The van der Waals surface area contributed by atoms with Crippen molar-refractivity contribution in [3.63, 3.8) is 0 Å². The van der Waals surface area contributed by atoms with E-state index in [2.05, 4.69) is 0 Å². The third-order valence-corrected chi connectivity index (χ3v) is 4.50. The Labute approximate surface area is 146 Å². The Hall–Kier alpha value is -3.14. The van der Waals surface area contributed by atoms with Crippen LogP contribution in [0.15, 0.2) is 60.7 Å². The lowest BCUT2D eigenvalue weighted by atomic mass is 9.82. The molecule has 4 heteroatoms. The van der Waals surface area contributed by atoms with Gasteiger partial charge in [0.1, 0.15) is 17.2 Å². The molecule has 0 fully saturated rings. The van der Waals surface area contributed by atoms with E-state index in [9.17, 15) is 5.11 Å². The van der Waals surface area contributed by atoms with Crippen LogP contribution in [0.3, 0.4) is 0 Å². The molecular weight excluding hydrogens is 316 g/mol. The predicted octanol–water partition coefficient (Wildman–Crippen LogP) is 4.70. The Bertz CT molecular complexity index is 933. The highest BCUT2D eigenvalue weighted by atomic mass is 16.5. The predicted molar refractivity (Wildman–Crippen MR) is 95.1 cm³/mol. The zero-order chi connectivity index (χ0) is 17.4. The molecule has 4 nitrogen and oxygen atoms in total.